The van der Waals surface area contributed by atoms with Gasteiger partial charge in [0.05, 0.1) is 12.1 Å². The maximum Gasteiger partial charge on any atom is 0.351 e. The summed E-state index contributed by atoms with van der Waals surface area (Å²) < 4.78 is 16.2. The molecule has 0 saturated heterocycles. The van der Waals surface area contributed by atoms with Gasteiger partial charge in [-0.3, -0.25) is 0 Å². The normalized spacial score (nSPS) is 11.8. The average molecular weight is 421 g/mol. The molecular formula is C24H17ClO5. The van der Waals surface area contributed by atoms with Gasteiger partial charge in [-0.2, -0.15) is 0 Å². The van der Waals surface area contributed by atoms with E-state index in [4.69, 9.17) is 25.5 Å². The summed E-state index contributed by atoms with van der Waals surface area (Å²) in [4.78, 5) is 24.5. The predicted octanol–water partition coefficient (Wildman–Crippen LogP) is 5.41. The Morgan fingerprint density at radius 3 is 2.30 bits per heavy atom. The minimum absolute atomic E-state index is 0.205. The van der Waals surface area contributed by atoms with E-state index in [9.17, 15) is 9.59 Å². The zero-order valence-corrected chi connectivity index (χ0v) is 16.8. The van der Waals surface area contributed by atoms with Crippen LogP contribution >= 0.6 is 11.6 Å². The highest BCUT2D eigenvalue weighted by Gasteiger charge is 2.25. The molecule has 30 heavy (non-hydrogen) atoms. The molecule has 0 aliphatic carbocycles. The molecule has 0 N–H and O–H groups in total. The van der Waals surface area contributed by atoms with E-state index in [2.05, 4.69) is 0 Å². The van der Waals surface area contributed by atoms with Crippen LogP contribution < -0.4 is 10.4 Å². The number of carbonyl (C=O) groups is 1. The first kappa shape index (κ1) is 19.7. The molecule has 1 aromatic heterocycles. The summed E-state index contributed by atoms with van der Waals surface area (Å²) in [6.07, 6.45) is -1.02. The van der Waals surface area contributed by atoms with Crippen molar-refractivity contribution in [1.82, 2.24) is 0 Å². The number of halogens is 1. The maximum atomic E-state index is 12.3. The summed E-state index contributed by atoms with van der Waals surface area (Å²) in [5.74, 6) is -0.367. The van der Waals surface area contributed by atoms with Crippen molar-refractivity contribution in [3.8, 4) is 16.9 Å². The molecule has 3 aromatic carbocycles. The van der Waals surface area contributed by atoms with Gasteiger partial charge < -0.3 is 13.9 Å². The first-order chi connectivity index (χ1) is 14.6. The summed E-state index contributed by atoms with van der Waals surface area (Å²) >= 11 is 6.48. The van der Waals surface area contributed by atoms with E-state index in [1.54, 1.807) is 30.3 Å². The smallest absolute Gasteiger partial charge is 0.351 e. The maximum absolute atomic E-state index is 12.3. The lowest BCUT2D eigenvalue weighted by molar-refractivity contribution is -0.149. The molecule has 0 saturated carbocycles. The SMILES string of the molecule is COC(=O)[C@H](Oc1cc2oc(=O)cc(-c3ccccc3)c2cc1Cl)c1ccccc1. The summed E-state index contributed by atoms with van der Waals surface area (Å²) in [5, 5.41) is 0.936. The third kappa shape index (κ3) is 3.93. The fraction of sp³-hybridized carbons (Fsp3) is 0.0833. The van der Waals surface area contributed by atoms with Crippen molar-refractivity contribution in [1.29, 1.82) is 0 Å². The molecule has 1 atom stereocenters. The molecular weight excluding hydrogens is 404 g/mol. The Hall–Kier alpha value is -3.57. The first-order valence-electron chi connectivity index (χ1n) is 9.19. The zero-order valence-electron chi connectivity index (χ0n) is 16.0. The highest BCUT2D eigenvalue weighted by molar-refractivity contribution is 6.33. The molecule has 0 bridgehead atoms. The molecule has 4 aromatic rings. The zero-order chi connectivity index (χ0) is 21.1. The van der Waals surface area contributed by atoms with Crippen molar-refractivity contribution in [2.45, 2.75) is 6.10 Å². The van der Waals surface area contributed by atoms with Gasteiger partial charge in [0.25, 0.3) is 0 Å². The number of carbonyl (C=O) groups excluding carboxylic acids is 1. The number of fused-ring (bicyclic) bond motifs is 1. The molecule has 150 valence electrons. The number of esters is 1. The van der Waals surface area contributed by atoms with Gasteiger partial charge >= 0.3 is 11.6 Å². The van der Waals surface area contributed by atoms with E-state index >= 15 is 0 Å². The van der Waals surface area contributed by atoms with Gasteiger partial charge in [-0.1, -0.05) is 72.3 Å². The van der Waals surface area contributed by atoms with Crippen LogP contribution in [0.3, 0.4) is 0 Å². The van der Waals surface area contributed by atoms with Gasteiger partial charge in [-0.15, -0.1) is 0 Å². The molecule has 0 aliphatic heterocycles. The minimum Gasteiger partial charge on any atom is -0.472 e. The fourth-order valence-electron chi connectivity index (χ4n) is 3.22. The minimum atomic E-state index is -1.02. The van der Waals surface area contributed by atoms with Crippen molar-refractivity contribution in [3.63, 3.8) is 0 Å². The van der Waals surface area contributed by atoms with Crippen molar-refractivity contribution in [2.24, 2.45) is 0 Å². The first-order valence-corrected chi connectivity index (χ1v) is 9.57. The van der Waals surface area contributed by atoms with Gasteiger partial charge in [0.2, 0.25) is 6.10 Å². The molecule has 0 fully saturated rings. The topological polar surface area (TPSA) is 65.7 Å². The molecule has 0 spiro atoms. The van der Waals surface area contributed by atoms with Gasteiger partial charge in [0.1, 0.15) is 11.3 Å². The largest absolute Gasteiger partial charge is 0.472 e. The van der Waals surface area contributed by atoms with Crippen molar-refractivity contribution in [3.05, 3.63) is 99.9 Å². The van der Waals surface area contributed by atoms with Gasteiger partial charge in [-0.05, 0) is 17.2 Å². The molecule has 1 heterocycles. The van der Waals surface area contributed by atoms with Gasteiger partial charge in [0.15, 0.2) is 0 Å². The number of hydrogen-bond acceptors (Lipinski definition) is 5. The Morgan fingerprint density at radius 1 is 0.967 bits per heavy atom. The van der Waals surface area contributed by atoms with E-state index in [1.165, 1.54) is 19.2 Å². The van der Waals surface area contributed by atoms with Crippen LogP contribution in [0.1, 0.15) is 11.7 Å². The van der Waals surface area contributed by atoms with Crippen LogP contribution in [0.5, 0.6) is 5.75 Å². The lowest BCUT2D eigenvalue weighted by Gasteiger charge is -2.18. The predicted molar refractivity (Wildman–Crippen MR) is 115 cm³/mol. The Balaban J connectivity index is 1.82. The standard InChI is InChI=1S/C24H17ClO5/c1-28-24(27)23(16-10-6-3-7-11-16)30-21-14-20-18(12-19(21)25)17(13-22(26)29-20)15-8-4-2-5-9-15/h2-14,23H,1H3/t23-/m1/s1. The molecule has 0 aliphatic rings. The van der Waals surface area contributed by atoms with E-state index < -0.39 is 17.7 Å². The molecule has 4 rings (SSSR count). The fourth-order valence-corrected chi connectivity index (χ4v) is 3.43. The number of methoxy groups -OCH3 is 1. The lowest BCUT2D eigenvalue weighted by Crippen LogP contribution is -2.20. The van der Waals surface area contributed by atoms with Crippen LogP contribution in [0.25, 0.3) is 22.1 Å². The summed E-state index contributed by atoms with van der Waals surface area (Å²) in [5.41, 5.74) is 1.97. The van der Waals surface area contributed by atoms with Crippen molar-refractivity contribution >= 4 is 28.5 Å². The average Bonchev–Trinajstić information content (AvgIpc) is 2.78. The van der Waals surface area contributed by atoms with Gasteiger partial charge in [0, 0.05) is 23.1 Å². The highest BCUT2D eigenvalue weighted by atomic mass is 35.5. The number of benzene rings is 3. The summed E-state index contributed by atoms with van der Waals surface area (Å²) in [7, 11) is 1.29. The van der Waals surface area contributed by atoms with Crippen LogP contribution in [-0.4, -0.2) is 13.1 Å². The Labute approximate surface area is 177 Å². The number of rotatable bonds is 5. The van der Waals surface area contributed by atoms with E-state index in [1.807, 2.05) is 36.4 Å². The van der Waals surface area contributed by atoms with E-state index in [0.29, 0.717) is 22.1 Å². The number of hydrogen-bond donors (Lipinski definition) is 0. The third-order valence-electron chi connectivity index (χ3n) is 4.64. The van der Waals surface area contributed by atoms with Crippen LogP contribution in [0.4, 0.5) is 0 Å². The van der Waals surface area contributed by atoms with E-state index in [-0.39, 0.29) is 10.8 Å². The van der Waals surface area contributed by atoms with Crippen LogP contribution in [0.15, 0.2) is 88.1 Å². The van der Waals surface area contributed by atoms with E-state index in [0.717, 1.165) is 5.56 Å². The highest BCUT2D eigenvalue weighted by Crippen LogP contribution is 2.37. The molecule has 0 unspecified atom stereocenters. The summed E-state index contributed by atoms with van der Waals surface area (Å²) in [6.45, 7) is 0. The number of ether oxygens (including phenoxy) is 2. The monoisotopic (exact) mass is 420 g/mol. The second-order valence-electron chi connectivity index (χ2n) is 6.56. The van der Waals surface area contributed by atoms with Crippen LogP contribution in [-0.2, 0) is 9.53 Å². The van der Waals surface area contributed by atoms with Gasteiger partial charge in [-0.25, -0.2) is 9.59 Å². The summed E-state index contributed by atoms with van der Waals surface area (Å²) in [6, 6.07) is 23.0. The second kappa shape index (κ2) is 8.43. The second-order valence-corrected chi connectivity index (χ2v) is 6.96. The lowest BCUT2D eigenvalue weighted by atomic mass is 10.0. The third-order valence-corrected chi connectivity index (χ3v) is 4.94. The Morgan fingerprint density at radius 2 is 1.63 bits per heavy atom. The molecule has 0 radical (unpaired) electrons. The van der Waals surface area contributed by atoms with Crippen LogP contribution in [0.2, 0.25) is 5.02 Å². The Kier molecular flexibility index (Phi) is 5.55. The Bertz CT molecular complexity index is 1250. The molecule has 5 nitrogen and oxygen atoms in total. The molecule has 0 amide bonds. The quantitative estimate of drug-likeness (QED) is 0.319. The molecule has 6 heteroatoms. The van der Waals surface area contributed by atoms with Crippen molar-refractivity contribution < 1.29 is 18.7 Å². The van der Waals surface area contributed by atoms with Crippen molar-refractivity contribution in [2.75, 3.05) is 7.11 Å². The van der Waals surface area contributed by atoms with Crippen LogP contribution in [0, 0.1) is 0 Å².